The van der Waals surface area contributed by atoms with Gasteiger partial charge in [-0.05, 0) is 18.9 Å². The highest BCUT2D eigenvalue weighted by molar-refractivity contribution is 6.06. The van der Waals surface area contributed by atoms with Crippen molar-refractivity contribution in [2.75, 3.05) is 0 Å². The molecule has 0 bridgehead atoms. The standard InChI is InChI=1S/C18H19N3O6/c22-16-9-13(12-8-10(21(26)27)6-7-15(12)19-16)17(23)20-14-5-3-1-2-4-11(14)18(24)25/h6-9,11,14H,1-5H2,(H,19,22)(H,20,23)(H,24,25)/t11-,14+/m1/s1. The average Bonchev–Trinajstić information content (AvgIpc) is 2.85. The number of non-ortho nitro benzene ring substituents is 1. The van der Waals surface area contributed by atoms with Crippen molar-refractivity contribution >= 4 is 28.5 Å². The van der Waals surface area contributed by atoms with Gasteiger partial charge in [0, 0.05) is 35.1 Å². The third-order valence-corrected chi connectivity index (χ3v) is 4.93. The summed E-state index contributed by atoms with van der Waals surface area (Å²) >= 11 is 0. The van der Waals surface area contributed by atoms with Crippen LogP contribution in [0.15, 0.2) is 29.1 Å². The van der Waals surface area contributed by atoms with E-state index in [4.69, 9.17) is 0 Å². The Kier molecular flexibility index (Phi) is 5.20. The van der Waals surface area contributed by atoms with Crippen LogP contribution >= 0.6 is 0 Å². The van der Waals surface area contributed by atoms with E-state index in [0.717, 1.165) is 25.3 Å². The number of carboxylic acid groups (broad SMARTS) is 1. The molecule has 1 saturated carbocycles. The van der Waals surface area contributed by atoms with Gasteiger partial charge >= 0.3 is 5.97 Å². The largest absolute Gasteiger partial charge is 0.481 e. The van der Waals surface area contributed by atoms with Gasteiger partial charge in [0.05, 0.1) is 16.4 Å². The maximum Gasteiger partial charge on any atom is 0.308 e. The predicted octanol–water partition coefficient (Wildman–Crippen LogP) is 2.20. The molecule has 3 N–H and O–H groups in total. The van der Waals surface area contributed by atoms with Crippen LogP contribution in [0.5, 0.6) is 0 Å². The van der Waals surface area contributed by atoms with Crippen molar-refractivity contribution in [1.82, 2.24) is 10.3 Å². The Morgan fingerprint density at radius 1 is 1.19 bits per heavy atom. The number of benzene rings is 1. The Hall–Kier alpha value is -3.23. The number of nitro groups is 1. The molecule has 1 heterocycles. The SMILES string of the molecule is O=C(N[C@H]1CCCCC[C@H]1C(=O)O)c1cc(=O)[nH]c2ccc([N+](=O)[O-])cc12. The van der Waals surface area contributed by atoms with E-state index in [9.17, 15) is 29.6 Å². The Morgan fingerprint density at radius 3 is 2.63 bits per heavy atom. The molecule has 1 aliphatic carbocycles. The molecule has 2 atom stereocenters. The molecule has 0 saturated heterocycles. The molecule has 1 aromatic heterocycles. The summed E-state index contributed by atoms with van der Waals surface area (Å²) in [4.78, 5) is 49.2. The molecule has 3 rings (SSSR count). The van der Waals surface area contributed by atoms with E-state index in [2.05, 4.69) is 10.3 Å². The molecule has 0 aliphatic heterocycles. The van der Waals surface area contributed by atoms with Crippen LogP contribution in [0.1, 0.15) is 42.5 Å². The van der Waals surface area contributed by atoms with Crippen LogP contribution in [0.25, 0.3) is 10.9 Å². The molecule has 2 aromatic rings. The van der Waals surface area contributed by atoms with Gasteiger partial charge in [0.15, 0.2) is 0 Å². The Balaban J connectivity index is 1.99. The summed E-state index contributed by atoms with van der Waals surface area (Å²) in [6, 6.07) is 4.37. The first kappa shape index (κ1) is 18.6. The fraction of sp³-hybridized carbons (Fsp3) is 0.389. The quantitative estimate of drug-likeness (QED) is 0.426. The number of aliphatic carboxylic acids is 1. The van der Waals surface area contributed by atoms with Crippen molar-refractivity contribution < 1.29 is 19.6 Å². The number of pyridine rings is 1. The number of carbonyl (C=O) groups excluding carboxylic acids is 1. The third-order valence-electron chi connectivity index (χ3n) is 4.93. The Labute approximate surface area is 153 Å². The van der Waals surface area contributed by atoms with Gasteiger partial charge < -0.3 is 15.4 Å². The number of H-pyrrole nitrogens is 1. The number of amides is 1. The van der Waals surface area contributed by atoms with Crippen LogP contribution in [0, 0.1) is 16.0 Å². The molecule has 1 fully saturated rings. The first-order chi connectivity index (χ1) is 12.9. The number of aromatic amines is 1. The van der Waals surface area contributed by atoms with Gasteiger partial charge in [-0.25, -0.2) is 0 Å². The number of nitro benzene ring substituents is 1. The van der Waals surface area contributed by atoms with E-state index < -0.39 is 34.3 Å². The lowest BCUT2D eigenvalue weighted by Gasteiger charge is -2.23. The summed E-state index contributed by atoms with van der Waals surface area (Å²) < 4.78 is 0. The van der Waals surface area contributed by atoms with E-state index in [0.29, 0.717) is 18.4 Å². The van der Waals surface area contributed by atoms with Crippen molar-refractivity contribution in [3.63, 3.8) is 0 Å². The molecule has 1 aliphatic rings. The van der Waals surface area contributed by atoms with Crippen molar-refractivity contribution in [3.05, 3.63) is 50.3 Å². The first-order valence-electron chi connectivity index (χ1n) is 8.72. The van der Waals surface area contributed by atoms with Crippen molar-refractivity contribution in [1.29, 1.82) is 0 Å². The predicted molar refractivity (Wildman–Crippen MR) is 96.7 cm³/mol. The topological polar surface area (TPSA) is 142 Å². The van der Waals surface area contributed by atoms with Crippen LogP contribution in [0.4, 0.5) is 5.69 Å². The van der Waals surface area contributed by atoms with Crippen LogP contribution in [-0.4, -0.2) is 32.9 Å². The molecular formula is C18H19N3O6. The smallest absolute Gasteiger partial charge is 0.308 e. The lowest BCUT2D eigenvalue weighted by atomic mass is 9.94. The highest BCUT2D eigenvalue weighted by Gasteiger charge is 2.31. The summed E-state index contributed by atoms with van der Waals surface area (Å²) in [5, 5.41) is 23.5. The number of rotatable bonds is 4. The fourth-order valence-corrected chi connectivity index (χ4v) is 3.57. The van der Waals surface area contributed by atoms with Gasteiger partial charge in [-0.15, -0.1) is 0 Å². The highest BCUT2D eigenvalue weighted by atomic mass is 16.6. The number of aromatic nitrogens is 1. The van der Waals surface area contributed by atoms with E-state index >= 15 is 0 Å². The lowest BCUT2D eigenvalue weighted by molar-refractivity contribution is -0.384. The number of hydrogen-bond donors (Lipinski definition) is 3. The number of nitrogens with one attached hydrogen (secondary N) is 2. The van der Waals surface area contributed by atoms with Gasteiger partial charge in [0.2, 0.25) is 5.56 Å². The maximum absolute atomic E-state index is 12.8. The lowest BCUT2D eigenvalue weighted by Crippen LogP contribution is -2.43. The van der Waals surface area contributed by atoms with Gasteiger partial charge in [-0.1, -0.05) is 19.3 Å². The minimum Gasteiger partial charge on any atom is -0.481 e. The third kappa shape index (κ3) is 3.97. The van der Waals surface area contributed by atoms with Gasteiger partial charge in [-0.3, -0.25) is 24.5 Å². The number of carboxylic acids is 1. The van der Waals surface area contributed by atoms with Gasteiger partial charge in [-0.2, -0.15) is 0 Å². The molecule has 142 valence electrons. The second-order valence-corrected chi connectivity index (χ2v) is 6.70. The van der Waals surface area contributed by atoms with E-state index in [1.165, 1.54) is 18.2 Å². The second-order valence-electron chi connectivity index (χ2n) is 6.70. The van der Waals surface area contributed by atoms with Crippen molar-refractivity contribution in [2.45, 2.75) is 38.1 Å². The van der Waals surface area contributed by atoms with Crippen LogP contribution in [0.2, 0.25) is 0 Å². The van der Waals surface area contributed by atoms with Gasteiger partial charge in [0.25, 0.3) is 11.6 Å². The summed E-state index contributed by atoms with van der Waals surface area (Å²) in [5.41, 5.74) is -0.432. The Morgan fingerprint density at radius 2 is 1.93 bits per heavy atom. The number of nitrogens with zero attached hydrogens (tertiary/aromatic N) is 1. The fourth-order valence-electron chi connectivity index (χ4n) is 3.57. The number of carbonyl (C=O) groups is 2. The van der Waals surface area contributed by atoms with Gasteiger partial charge in [0.1, 0.15) is 0 Å². The van der Waals surface area contributed by atoms with Crippen molar-refractivity contribution in [2.24, 2.45) is 5.92 Å². The minimum atomic E-state index is -0.964. The minimum absolute atomic E-state index is 0.00849. The summed E-state index contributed by atoms with van der Waals surface area (Å²) in [5.74, 6) is -2.27. The highest BCUT2D eigenvalue weighted by Crippen LogP contribution is 2.25. The molecule has 0 spiro atoms. The molecule has 9 nitrogen and oxygen atoms in total. The van der Waals surface area contributed by atoms with Crippen LogP contribution in [0.3, 0.4) is 0 Å². The van der Waals surface area contributed by atoms with E-state index in [1.807, 2.05) is 0 Å². The molecule has 9 heteroatoms. The van der Waals surface area contributed by atoms with Crippen molar-refractivity contribution in [3.8, 4) is 0 Å². The summed E-state index contributed by atoms with van der Waals surface area (Å²) in [6.07, 6.45) is 3.49. The number of hydrogen-bond acceptors (Lipinski definition) is 5. The maximum atomic E-state index is 12.8. The normalized spacial score (nSPS) is 20.0. The second kappa shape index (κ2) is 7.56. The van der Waals surface area contributed by atoms with Crippen LogP contribution < -0.4 is 10.9 Å². The molecular weight excluding hydrogens is 354 g/mol. The molecule has 27 heavy (non-hydrogen) atoms. The zero-order valence-corrected chi connectivity index (χ0v) is 14.4. The van der Waals surface area contributed by atoms with E-state index in [1.54, 1.807) is 0 Å². The van der Waals surface area contributed by atoms with Crippen LogP contribution in [-0.2, 0) is 4.79 Å². The molecule has 1 aromatic carbocycles. The average molecular weight is 373 g/mol. The van der Waals surface area contributed by atoms with E-state index in [-0.39, 0.29) is 16.6 Å². The molecule has 0 radical (unpaired) electrons. The Bertz CT molecular complexity index is 967. The molecule has 1 amide bonds. The zero-order chi connectivity index (χ0) is 19.6. The zero-order valence-electron chi connectivity index (χ0n) is 14.4. The summed E-state index contributed by atoms with van der Waals surface area (Å²) in [6.45, 7) is 0. The molecule has 0 unspecified atom stereocenters. The monoisotopic (exact) mass is 373 g/mol. The first-order valence-corrected chi connectivity index (χ1v) is 8.72. The number of fused-ring (bicyclic) bond motifs is 1. The summed E-state index contributed by atoms with van der Waals surface area (Å²) in [7, 11) is 0.